The number of hydrogen-bond donors (Lipinski definition) is 0. The molecule has 2 heterocycles. The van der Waals surface area contributed by atoms with Crippen LogP contribution in [0.3, 0.4) is 0 Å². The normalized spacial score (nSPS) is 17.2. The summed E-state index contributed by atoms with van der Waals surface area (Å²) in [5.41, 5.74) is 3.66. The summed E-state index contributed by atoms with van der Waals surface area (Å²) in [5, 5.41) is 0.533. The number of hydrogen-bond acceptors (Lipinski definition) is 2. The maximum Gasteiger partial charge on any atom is 0.256 e. The SMILES string of the molecule is O=C(c1ccc(Cl)cc1N1CCCC1=O)N1CC=C(c2ccccc2)CC1. The van der Waals surface area contributed by atoms with Crippen molar-refractivity contribution in [2.24, 2.45) is 0 Å². The van der Waals surface area contributed by atoms with E-state index in [9.17, 15) is 9.59 Å². The lowest BCUT2D eigenvalue weighted by atomic mass is 9.99. The zero-order valence-electron chi connectivity index (χ0n) is 15.0. The van der Waals surface area contributed by atoms with Gasteiger partial charge >= 0.3 is 0 Å². The van der Waals surface area contributed by atoms with Gasteiger partial charge in [0.15, 0.2) is 0 Å². The lowest BCUT2D eigenvalue weighted by Crippen LogP contribution is -2.36. The second kappa shape index (κ2) is 7.57. The molecule has 0 radical (unpaired) electrons. The number of halogens is 1. The molecule has 1 saturated heterocycles. The van der Waals surface area contributed by atoms with Crippen LogP contribution in [0.2, 0.25) is 5.02 Å². The summed E-state index contributed by atoms with van der Waals surface area (Å²) in [6.45, 7) is 1.87. The summed E-state index contributed by atoms with van der Waals surface area (Å²) in [5.74, 6) is 0.000879. The van der Waals surface area contributed by atoms with Crippen molar-refractivity contribution >= 4 is 34.7 Å². The third kappa shape index (κ3) is 3.62. The molecule has 2 aliphatic rings. The molecule has 2 amide bonds. The fraction of sp³-hybridized carbons (Fsp3) is 0.273. The molecule has 2 aliphatic heterocycles. The number of rotatable bonds is 3. The fourth-order valence-electron chi connectivity index (χ4n) is 3.75. The third-order valence-electron chi connectivity index (χ3n) is 5.20. The first-order valence-electron chi connectivity index (χ1n) is 9.27. The predicted molar refractivity (Wildman–Crippen MR) is 108 cm³/mol. The average molecular weight is 381 g/mol. The average Bonchev–Trinajstić information content (AvgIpc) is 3.14. The smallest absolute Gasteiger partial charge is 0.256 e. The predicted octanol–water partition coefficient (Wildman–Crippen LogP) is 4.40. The minimum Gasteiger partial charge on any atom is -0.335 e. The van der Waals surface area contributed by atoms with E-state index in [2.05, 4.69) is 18.2 Å². The zero-order chi connectivity index (χ0) is 18.8. The minimum absolute atomic E-state index is 0.0512. The summed E-state index contributed by atoms with van der Waals surface area (Å²) >= 11 is 6.15. The number of carbonyl (C=O) groups excluding carboxylic acids is 2. The van der Waals surface area contributed by atoms with E-state index in [1.54, 1.807) is 23.1 Å². The molecule has 0 aromatic heterocycles. The van der Waals surface area contributed by atoms with E-state index in [0.717, 1.165) is 12.8 Å². The van der Waals surface area contributed by atoms with Gasteiger partial charge in [-0.05, 0) is 42.2 Å². The highest BCUT2D eigenvalue weighted by atomic mass is 35.5. The van der Waals surface area contributed by atoms with Gasteiger partial charge in [0.2, 0.25) is 5.91 Å². The molecule has 0 spiro atoms. The van der Waals surface area contributed by atoms with E-state index >= 15 is 0 Å². The van der Waals surface area contributed by atoms with Gasteiger partial charge in [-0.25, -0.2) is 0 Å². The molecule has 2 aromatic rings. The van der Waals surface area contributed by atoms with Crippen LogP contribution in [0.4, 0.5) is 5.69 Å². The van der Waals surface area contributed by atoms with Crippen molar-refractivity contribution in [2.75, 3.05) is 24.5 Å². The summed E-state index contributed by atoms with van der Waals surface area (Å²) in [7, 11) is 0. The fourth-order valence-corrected chi connectivity index (χ4v) is 3.92. The maximum absolute atomic E-state index is 13.2. The van der Waals surface area contributed by atoms with Crippen LogP contribution in [0.15, 0.2) is 54.6 Å². The van der Waals surface area contributed by atoms with Gasteiger partial charge in [-0.1, -0.05) is 48.0 Å². The first-order valence-corrected chi connectivity index (χ1v) is 9.65. The van der Waals surface area contributed by atoms with E-state index in [1.165, 1.54) is 11.1 Å². The van der Waals surface area contributed by atoms with Crippen molar-refractivity contribution in [3.63, 3.8) is 0 Å². The van der Waals surface area contributed by atoms with Crippen LogP contribution < -0.4 is 4.90 Å². The highest BCUT2D eigenvalue weighted by molar-refractivity contribution is 6.31. The topological polar surface area (TPSA) is 40.6 Å². The minimum atomic E-state index is -0.0512. The standard InChI is InChI=1S/C22H21ClN2O2/c23-18-8-9-19(20(15-18)25-12-4-7-21(25)26)22(27)24-13-10-17(11-14-24)16-5-2-1-3-6-16/h1-3,5-6,8-10,15H,4,7,11-14H2. The Morgan fingerprint density at radius 1 is 1.00 bits per heavy atom. The molecule has 2 aromatic carbocycles. The van der Waals surface area contributed by atoms with E-state index in [0.29, 0.717) is 42.3 Å². The Morgan fingerprint density at radius 2 is 1.81 bits per heavy atom. The number of amides is 2. The molecule has 0 unspecified atom stereocenters. The first kappa shape index (κ1) is 17.8. The van der Waals surface area contributed by atoms with Crippen molar-refractivity contribution in [2.45, 2.75) is 19.3 Å². The highest BCUT2D eigenvalue weighted by Gasteiger charge is 2.28. The molecule has 0 N–H and O–H groups in total. The summed E-state index contributed by atoms with van der Waals surface area (Å²) < 4.78 is 0. The van der Waals surface area contributed by atoms with Crippen molar-refractivity contribution in [3.05, 3.63) is 70.8 Å². The third-order valence-corrected chi connectivity index (χ3v) is 5.43. The van der Waals surface area contributed by atoms with E-state index < -0.39 is 0 Å². The number of nitrogens with zero attached hydrogens (tertiary/aromatic N) is 2. The monoisotopic (exact) mass is 380 g/mol. The Morgan fingerprint density at radius 3 is 2.48 bits per heavy atom. The molecule has 0 bridgehead atoms. The van der Waals surface area contributed by atoms with Crippen LogP contribution in [0, 0.1) is 0 Å². The number of anilines is 1. The highest BCUT2D eigenvalue weighted by Crippen LogP contribution is 2.31. The number of carbonyl (C=O) groups is 2. The molecule has 138 valence electrons. The van der Waals surface area contributed by atoms with Gasteiger partial charge in [0.25, 0.3) is 5.91 Å². The van der Waals surface area contributed by atoms with E-state index in [-0.39, 0.29) is 11.8 Å². The van der Waals surface area contributed by atoms with Gasteiger partial charge in [-0.2, -0.15) is 0 Å². The van der Waals surface area contributed by atoms with E-state index in [4.69, 9.17) is 11.6 Å². The Balaban J connectivity index is 1.57. The second-order valence-corrected chi connectivity index (χ2v) is 7.34. The number of benzene rings is 2. The lowest BCUT2D eigenvalue weighted by Gasteiger charge is -2.28. The largest absolute Gasteiger partial charge is 0.335 e. The Hall–Kier alpha value is -2.59. The van der Waals surface area contributed by atoms with Gasteiger partial charge in [0.05, 0.1) is 11.3 Å². The van der Waals surface area contributed by atoms with Crippen molar-refractivity contribution in [1.29, 1.82) is 0 Å². The van der Waals surface area contributed by atoms with E-state index in [1.807, 2.05) is 23.1 Å². The summed E-state index contributed by atoms with van der Waals surface area (Å²) in [4.78, 5) is 28.9. The van der Waals surface area contributed by atoms with Crippen LogP contribution in [0.25, 0.3) is 5.57 Å². The van der Waals surface area contributed by atoms with Crippen LogP contribution in [-0.2, 0) is 4.79 Å². The van der Waals surface area contributed by atoms with Gasteiger partial charge in [0, 0.05) is 31.1 Å². The molecular weight excluding hydrogens is 360 g/mol. The van der Waals surface area contributed by atoms with Gasteiger partial charge in [-0.15, -0.1) is 0 Å². The Kier molecular flexibility index (Phi) is 4.99. The molecule has 0 saturated carbocycles. The molecule has 0 atom stereocenters. The molecule has 4 rings (SSSR count). The van der Waals surface area contributed by atoms with Crippen LogP contribution in [-0.4, -0.2) is 36.3 Å². The van der Waals surface area contributed by atoms with Gasteiger partial charge in [-0.3, -0.25) is 9.59 Å². The van der Waals surface area contributed by atoms with Gasteiger partial charge < -0.3 is 9.80 Å². The second-order valence-electron chi connectivity index (χ2n) is 6.91. The van der Waals surface area contributed by atoms with Crippen LogP contribution in [0.5, 0.6) is 0 Å². The Labute approximate surface area is 164 Å². The summed E-state index contributed by atoms with van der Waals surface area (Å²) in [6.07, 6.45) is 4.27. The summed E-state index contributed by atoms with van der Waals surface area (Å²) in [6, 6.07) is 15.4. The molecule has 5 heteroatoms. The zero-order valence-corrected chi connectivity index (χ0v) is 15.8. The van der Waals surface area contributed by atoms with Crippen LogP contribution in [0.1, 0.15) is 35.2 Å². The van der Waals surface area contributed by atoms with Gasteiger partial charge in [0.1, 0.15) is 0 Å². The molecule has 4 nitrogen and oxygen atoms in total. The molecular formula is C22H21ClN2O2. The van der Waals surface area contributed by atoms with Crippen molar-refractivity contribution in [3.8, 4) is 0 Å². The first-order chi connectivity index (χ1) is 13.1. The molecule has 0 aliphatic carbocycles. The molecule has 27 heavy (non-hydrogen) atoms. The van der Waals surface area contributed by atoms with Crippen LogP contribution >= 0.6 is 11.6 Å². The molecule has 1 fully saturated rings. The maximum atomic E-state index is 13.2. The van der Waals surface area contributed by atoms with Crippen molar-refractivity contribution < 1.29 is 9.59 Å². The van der Waals surface area contributed by atoms with Crippen molar-refractivity contribution in [1.82, 2.24) is 4.90 Å². The quantitative estimate of drug-likeness (QED) is 0.792. The Bertz CT molecular complexity index is 908. The lowest BCUT2D eigenvalue weighted by molar-refractivity contribution is -0.117.